The molecule has 0 aromatic carbocycles. The van der Waals surface area contributed by atoms with Gasteiger partial charge in [-0.1, -0.05) is 46.0 Å². The molecule has 0 N–H and O–H groups in total. The zero-order valence-electron chi connectivity index (χ0n) is 17.9. The molecule has 4 bridgehead atoms. The molecule has 0 saturated heterocycles. The monoisotopic (exact) mass is 398 g/mol. The Bertz CT molecular complexity index is 455. The topological polar surface area (TPSA) is 35.5 Å². The summed E-state index contributed by atoms with van der Waals surface area (Å²) in [5.74, 6) is 2.92. The molecule has 4 aliphatic rings. The highest BCUT2D eigenvalue weighted by Crippen LogP contribution is 2.61. The van der Waals surface area contributed by atoms with Gasteiger partial charge >= 0.3 is 7.60 Å². The van der Waals surface area contributed by atoms with Crippen molar-refractivity contribution in [3.05, 3.63) is 0 Å². The molecule has 0 aliphatic heterocycles. The van der Waals surface area contributed by atoms with Gasteiger partial charge in [-0.25, -0.2) is 0 Å². The van der Waals surface area contributed by atoms with Crippen molar-refractivity contribution in [2.75, 3.05) is 19.4 Å². The van der Waals surface area contributed by atoms with Crippen LogP contribution in [0.15, 0.2) is 0 Å². The van der Waals surface area contributed by atoms with E-state index in [-0.39, 0.29) is 0 Å². The first-order chi connectivity index (χ1) is 13.1. The SMILES string of the molecule is CCCCCCCOP(=O)(CCCC)OCCC12CC3CC(CC(C3)C1)C2. The third kappa shape index (κ3) is 6.31. The first-order valence-electron chi connectivity index (χ1n) is 11.9. The number of hydrogen-bond donors (Lipinski definition) is 0. The fourth-order valence-electron chi connectivity index (χ4n) is 6.42. The Morgan fingerprint density at radius 3 is 1.93 bits per heavy atom. The van der Waals surface area contributed by atoms with E-state index in [1.807, 2.05) is 0 Å². The molecule has 27 heavy (non-hydrogen) atoms. The molecule has 0 aromatic heterocycles. The van der Waals surface area contributed by atoms with Gasteiger partial charge in [-0.15, -0.1) is 0 Å². The van der Waals surface area contributed by atoms with E-state index in [4.69, 9.17) is 9.05 Å². The highest BCUT2D eigenvalue weighted by Gasteiger charge is 2.50. The van der Waals surface area contributed by atoms with E-state index in [9.17, 15) is 4.57 Å². The molecular formula is C23H43O3P. The summed E-state index contributed by atoms with van der Waals surface area (Å²) >= 11 is 0. The zero-order valence-corrected chi connectivity index (χ0v) is 18.8. The van der Waals surface area contributed by atoms with Crippen LogP contribution in [-0.2, 0) is 13.6 Å². The average Bonchev–Trinajstić information content (AvgIpc) is 2.62. The lowest BCUT2D eigenvalue weighted by atomic mass is 9.49. The third-order valence-corrected chi connectivity index (χ3v) is 9.42. The van der Waals surface area contributed by atoms with Gasteiger partial charge < -0.3 is 9.05 Å². The smallest absolute Gasteiger partial charge is 0.309 e. The maximum absolute atomic E-state index is 13.2. The normalized spacial score (nSPS) is 34.1. The summed E-state index contributed by atoms with van der Waals surface area (Å²) in [5, 5.41) is 0. The summed E-state index contributed by atoms with van der Waals surface area (Å²) in [6.45, 7) is 5.61. The highest BCUT2D eigenvalue weighted by atomic mass is 31.2. The summed E-state index contributed by atoms with van der Waals surface area (Å²) in [5.41, 5.74) is 0.504. The van der Waals surface area contributed by atoms with Gasteiger partial charge in [0.25, 0.3) is 0 Å². The van der Waals surface area contributed by atoms with Gasteiger partial charge in [-0.05, 0) is 81.0 Å². The van der Waals surface area contributed by atoms with Gasteiger partial charge in [0.15, 0.2) is 0 Å². The summed E-state index contributed by atoms with van der Waals surface area (Å²) in [6, 6.07) is 0. The van der Waals surface area contributed by atoms with Crippen LogP contribution in [0.1, 0.15) is 104 Å². The number of hydrogen-bond acceptors (Lipinski definition) is 3. The molecule has 1 unspecified atom stereocenters. The van der Waals surface area contributed by atoms with Gasteiger partial charge in [0.05, 0.1) is 19.4 Å². The maximum atomic E-state index is 13.2. The lowest BCUT2D eigenvalue weighted by Gasteiger charge is -2.57. The number of rotatable bonds is 14. The molecule has 4 heteroatoms. The van der Waals surface area contributed by atoms with Crippen molar-refractivity contribution in [3.63, 3.8) is 0 Å². The predicted octanol–water partition coefficient (Wildman–Crippen LogP) is 7.59. The zero-order chi connectivity index (χ0) is 19.2. The Hall–Kier alpha value is 0.150. The third-order valence-electron chi connectivity index (χ3n) is 7.41. The second kappa shape index (κ2) is 10.3. The molecule has 1 atom stereocenters. The van der Waals surface area contributed by atoms with E-state index in [0.717, 1.165) is 43.4 Å². The quantitative estimate of drug-likeness (QED) is 0.223. The summed E-state index contributed by atoms with van der Waals surface area (Å²) in [4.78, 5) is 0. The van der Waals surface area contributed by atoms with E-state index in [2.05, 4.69) is 13.8 Å². The van der Waals surface area contributed by atoms with Crippen molar-refractivity contribution in [1.82, 2.24) is 0 Å². The first-order valence-corrected chi connectivity index (χ1v) is 13.7. The van der Waals surface area contributed by atoms with Crippen LogP contribution in [0.5, 0.6) is 0 Å². The molecule has 0 heterocycles. The van der Waals surface area contributed by atoms with Crippen LogP contribution < -0.4 is 0 Å². The Labute approximate surface area is 167 Å². The minimum absolute atomic E-state index is 0.504. The molecule has 3 nitrogen and oxygen atoms in total. The summed E-state index contributed by atoms with van der Waals surface area (Å²) < 4.78 is 25.1. The highest BCUT2D eigenvalue weighted by molar-refractivity contribution is 7.53. The van der Waals surface area contributed by atoms with Crippen molar-refractivity contribution in [3.8, 4) is 0 Å². The molecule has 4 saturated carbocycles. The Kier molecular flexibility index (Phi) is 8.30. The van der Waals surface area contributed by atoms with Crippen LogP contribution in [0.25, 0.3) is 0 Å². The van der Waals surface area contributed by atoms with Crippen molar-refractivity contribution >= 4 is 7.60 Å². The molecule has 0 amide bonds. The summed E-state index contributed by atoms with van der Waals surface area (Å²) in [7, 11) is -2.90. The second-order valence-corrected chi connectivity index (χ2v) is 12.1. The molecule has 4 aliphatic carbocycles. The van der Waals surface area contributed by atoms with Gasteiger partial charge in [0.2, 0.25) is 0 Å². The van der Waals surface area contributed by atoms with E-state index >= 15 is 0 Å². The van der Waals surface area contributed by atoms with Gasteiger partial charge in [-0.3, -0.25) is 4.57 Å². The molecular weight excluding hydrogens is 355 g/mol. The van der Waals surface area contributed by atoms with E-state index < -0.39 is 7.60 Å². The predicted molar refractivity (Wildman–Crippen MR) is 113 cm³/mol. The maximum Gasteiger partial charge on any atom is 0.330 e. The van der Waals surface area contributed by atoms with Crippen LogP contribution in [0, 0.1) is 23.2 Å². The Morgan fingerprint density at radius 1 is 0.778 bits per heavy atom. The minimum atomic E-state index is -2.90. The van der Waals surface area contributed by atoms with Gasteiger partial charge in [0, 0.05) is 0 Å². The lowest BCUT2D eigenvalue weighted by Crippen LogP contribution is -2.46. The molecule has 0 aromatic rings. The van der Waals surface area contributed by atoms with Gasteiger partial charge in [-0.2, -0.15) is 0 Å². The van der Waals surface area contributed by atoms with Crippen molar-refractivity contribution in [2.24, 2.45) is 23.2 Å². The Morgan fingerprint density at radius 2 is 1.33 bits per heavy atom. The van der Waals surface area contributed by atoms with Crippen LogP contribution >= 0.6 is 7.60 Å². The minimum Gasteiger partial charge on any atom is -0.309 e. The van der Waals surface area contributed by atoms with Crippen LogP contribution in [0.4, 0.5) is 0 Å². The van der Waals surface area contributed by atoms with E-state index in [1.165, 1.54) is 64.2 Å². The van der Waals surface area contributed by atoms with E-state index in [1.54, 1.807) is 0 Å². The van der Waals surface area contributed by atoms with Crippen molar-refractivity contribution in [1.29, 1.82) is 0 Å². The van der Waals surface area contributed by atoms with Crippen LogP contribution in [0.2, 0.25) is 0 Å². The fraction of sp³-hybridized carbons (Fsp3) is 1.00. The van der Waals surface area contributed by atoms with E-state index in [0.29, 0.717) is 24.8 Å². The van der Waals surface area contributed by atoms with Crippen molar-refractivity contribution in [2.45, 2.75) is 104 Å². The molecule has 0 spiro atoms. The van der Waals surface area contributed by atoms with Crippen LogP contribution in [-0.4, -0.2) is 19.4 Å². The summed E-state index contributed by atoms with van der Waals surface area (Å²) in [6.07, 6.45) is 18.3. The van der Waals surface area contributed by atoms with Crippen LogP contribution in [0.3, 0.4) is 0 Å². The largest absolute Gasteiger partial charge is 0.330 e. The standard InChI is InChI=1S/C23H43O3P/c1-3-5-7-8-9-11-25-27(24,13-6-4-2)26-12-10-23-17-20-14-21(18-23)16-22(15-20)19-23/h20-22H,3-19H2,1-2H3. The molecule has 0 radical (unpaired) electrons. The second-order valence-electron chi connectivity index (χ2n) is 9.94. The average molecular weight is 399 g/mol. The number of unbranched alkanes of at least 4 members (excludes halogenated alkanes) is 5. The Balaban J connectivity index is 1.43. The fourth-order valence-corrected chi connectivity index (χ4v) is 8.24. The molecule has 158 valence electrons. The van der Waals surface area contributed by atoms with Gasteiger partial charge in [0.1, 0.15) is 0 Å². The van der Waals surface area contributed by atoms with Crippen molar-refractivity contribution < 1.29 is 13.6 Å². The lowest BCUT2D eigenvalue weighted by molar-refractivity contribution is -0.0628. The molecule has 4 rings (SSSR count). The first kappa shape index (κ1) is 21.8. The molecule has 4 fully saturated rings.